The Morgan fingerprint density at radius 1 is 0.857 bits per heavy atom. The van der Waals surface area contributed by atoms with Crippen molar-refractivity contribution < 1.29 is 18.3 Å². The van der Waals surface area contributed by atoms with Crippen LogP contribution in [0.25, 0.3) is 16.9 Å². The first-order valence-corrected chi connectivity index (χ1v) is 10.1. The lowest BCUT2D eigenvalue weighted by atomic mass is 10.00. The minimum Gasteiger partial charge on any atom is -0.505 e. The normalized spacial score (nSPS) is 17.2. The van der Waals surface area contributed by atoms with E-state index in [0.29, 0.717) is 5.56 Å². The van der Waals surface area contributed by atoms with E-state index in [-0.39, 0.29) is 21.9 Å². The van der Waals surface area contributed by atoms with Crippen LogP contribution in [0, 0.1) is 0 Å². The Hall–Kier alpha value is -3.38. The predicted molar refractivity (Wildman–Crippen MR) is 107 cm³/mol. The molecule has 0 spiro atoms. The zero-order valence-electron chi connectivity index (χ0n) is 15.0. The molecule has 6 heteroatoms. The highest BCUT2D eigenvalue weighted by Gasteiger charge is 2.39. The molecule has 1 aliphatic heterocycles. The molecule has 0 radical (unpaired) electrons. The molecule has 28 heavy (non-hydrogen) atoms. The van der Waals surface area contributed by atoms with E-state index < -0.39 is 15.8 Å². The number of rotatable bonds is 2. The molecule has 0 unspecified atom stereocenters. The van der Waals surface area contributed by atoms with Crippen molar-refractivity contribution in [3.8, 4) is 11.1 Å². The van der Waals surface area contributed by atoms with Crippen molar-refractivity contribution in [2.45, 2.75) is 4.90 Å². The van der Waals surface area contributed by atoms with Crippen molar-refractivity contribution in [2.75, 3.05) is 7.05 Å². The van der Waals surface area contributed by atoms with Gasteiger partial charge in [-0.1, -0.05) is 60.7 Å². The summed E-state index contributed by atoms with van der Waals surface area (Å²) in [5.41, 5.74) is 1.96. The number of nitrogens with zero attached hydrogens (tertiary/aromatic N) is 1. The number of carbonyl (C=O) groups is 1. The maximum Gasteiger partial charge on any atom is 0.265 e. The van der Waals surface area contributed by atoms with Gasteiger partial charge in [-0.2, -0.15) is 0 Å². The maximum absolute atomic E-state index is 13.0. The summed E-state index contributed by atoms with van der Waals surface area (Å²) in [6, 6.07) is 22.6. The Kier molecular flexibility index (Phi) is 4.28. The second-order valence-electron chi connectivity index (χ2n) is 6.44. The van der Waals surface area contributed by atoms with Gasteiger partial charge in [-0.25, -0.2) is 8.42 Å². The van der Waals surface area contributed by atoms with Gasteiger partial charge in [0, 0.05) is 18.2 Å². The van der Waals surface area contributed by atoms with Crippen LogP contribution in [0.1, 0.15) is 15.9 Å². The Balaban J connectivity index is 1.89. The first-order chi connectivity index (χ1) is 13.4. The van der Waals surface area contributed by atoms with Crippen LogP contribution in [0.2, 0.25) is 0 Å². The number of carbonyl (C=O) groups excluding carboxylic acids is 1. The maximum atomic E-state index is 13.0. The largest absolute Gasteiger partial charge is 0.505 e. The SMILES string of the molecule is CN1C(=C(O)c2cccc(-c3ccccc3)c2)C(=O)c2ccccc2S1(=O)=O. The van der Waals surface area contributed by atoms with Gasteiger partial charge in [-0.3, -0.25) is 9.10 Å². The van der Waals surface area contributed by atoms with E-state index in [1.165, 1.54) is 19.2 Å². The Morgan fingerprint density at radius 3 is 2.25 bits per heavy atom. The van der Waals surface area contributed by atoms with Crippen LogP contribution < -0.4 is 0 Å². The molecular weight excluding hydrogens is 374 g/mol. The van der Waals surface area contributed by atoms with Crippen LogP contribution in [0.4, 0.5) is 0 Å². The van der Waals surface area contributed by atoms with Gasteiger partial charge < -0.3 is 5.11 Å². The fourth-order valence-corrected chi connectivity index (χ4v) is 4.68. The van der Waals surface area contributed by atoms with Crippen molar-refractivity contribution in [1.29, 1.82) is 0 Å². The van der Waals surface area contributed by atoms with E-state index in [9.17, 15) is 18.3 Å². The average Bonchev–Trinajstić information content (AvgIpc) is 2.73. The number of hydrogen-bond acceptors (Lipinski definition) is 4. The van der Waals surface area contributed by atoms with Crippen LogP contribution in [0.3, 0.4) is 0 Å². The lowest BCUT2D eigenvalue weighted by molar-refractivity contribution is 0.100. The minimum absolute atomic E-state index is 0.0568. The summed E-state index contributed by atoms with van der Waals surface area (Å²) in [7, 11) is -2.65. The molecule has 0 aromatic heterocycles. The van der Waals surface area contributed by atoms with Crippen molar-refractivity contribution in [3.05, 3.63) is 95.7 Å². The van der Waals surface area contributed by atoms with Crippen molar-refractivity contribution in [1.82, 2.24) is 4.31 Å². The zero-order valence-corrected chi connectivity index (χ0v) is 15.8. The van der Waals surface area contributed by atoms with Gasteiger partial charge in [-0.15, -0.1) is 0 Å². The van der Waals surface area contributed by atoms with Gasteiger partial charge in [0.1, 0.15) is 5.70 Å². The number of aliphatic hydroxyl groups is 1. The molecule has 0 aliphatic carbocycles. The zero-order chi connectivity index (χ0) is 19.9. The third-order valence-corrected chi connectivity index (χ3v) is 6.58. The third kappa shape index (κ3) is 2.78. The molecule has 0 amide bonds. The van der Waals surface area contributed by atoms with Crippen LogP contribution >= 0.6 is 0 Å². The highest BCUT2D eigenvalue weighted by atomic mass is 32.2. The lowest BCUT2D eigenvalue weighted by Crippen LogP contribution is -2.37. The first-order valence-electron chi connectivity index (χ1n) is 8.63. The van der Waals surface area contributed by atoms with E-state index in [0.717, 1.165) is 15.4 Å². The number of aliphatic hydroxyl groups excluding tert-OH is 1. The fourth-order valence-electron chi connectivity index (χ4n) is 3.29. The summed E-state index contributed by atoms with van der Waals surface area (Å²) in [6.45, 7) is 0. The summed E-state index contributed by atoms with van der Waals surface area (Å²) in [6.07, 6.45) is 0. The number of hydrogen-bond donors (Lipinski definition) is 1. The van der Waals surface area contributed by atoms with Crippen LogP contribution in [-0.2, 0) is 10.0 Å². The van der Waals surface area contributed by atoms with Crippen LogP contribution in [0.5, 0.6) is 0 Å². The number of fused-ring (bicyclic) bond motifs is 1. The number of allylic oxidation sites excluding steroid dienone is 1. The Morgan fingerprint density at radius 2 is 1.50 bits per heavy atom. The predicted octanol–water partition coefficient (Wildman–Crippen LogP) is 4.10. The van der Waals surface area contributed by atoms with Crippen molar-refractivity contribution in [3.63, 3.8) is 0 Å². The lowest BCUT2D eigenvalue weighted by Gasteiger charge is -2.28. The summed E-state index contributed by atoms with van der Waals surface area (Å²) < 4.78 is 26.5. The monoisotopic (exact) mass is 391 g/mol. The molecule has 1 heterocycles. The molecule has 3 aromatic carbocycles. The van der Waals surface area contributed by atoms with E-state index >= 15 is 0 Å². The standard InChI is InChI=1S/C22H17NO4S/c1-23-20(22(25)18-12-5-6-13-19(18)28(23,26)27)21(24)17-11-7-10-16(14-17)15-8-3-2-4-9-15/h2-14,24H,1H3. The van der Waals surface area contributed by atoms with Gasteiger partial charge in [0.25, 0.3) is 10.0 Å². The quantitative estimate of drug-likeness (QED) is 0.527. The highest BCUT2D eigenvalue weighted by Crippen LogP contribution is 2.34. The molecule has 0 fully saturated rings. The number of ketones is 1. The van der Waals surface area contributed by atoms with E-state index in [1.807, 2.05) is 36.4 Å². The van der Waals surface area contributed by atoms with Crippen molar-refractivity contribution >= 4 is 21.6 Å². The smallest absolute Gasteiger partial charge is 0.265 e. The van der Waals surface area contributed by atoms with Crippen LogP contribution in [0.15, 0.2) is 89.5 Å². The van der Waals surface area contributed by atoms with Crippen molar-refractivity contribution in [2.24, 2.45) is 0 Å². The molecule has 0 bridgehead atoms. The molecular formula is C22H17NO4S. The van der Waals surface area contributed by atoms with E-state index in [4.69, 9.17) is 0 Å². The van der Waals surface area contributed by atoms with Gasteiger partial charge in [0.05, 0.1) is 4.90 Å². The fraction of sp³-hybridized carbons (Fsp3) is 0.0455. The number of likely N-dealkylation sites (N-methyl/N-ethyl adjacent to an activating group) is 1. The van der Waals surface area contributed by atoms with E-state index in [1.54, 1.807) is 30.3 Å². The number of sulfonamides is 1. The molecule has 1 N–H and O–H groups in total. The number of benzene rings is 3. The first kappa shape index (κ1) is 18.0. The van der Waals surface area contributed by atoms with E-state index in [2.05, 4.69) is 0 Å². The summed E-state index contributed by atoms with van der Waals surface area (Å²) in [5, 5.41) is 10.9. The molecule has 140 valence electrons. The molecule has 5 nitrogen and oxygen atoms in total. The second kappa shape index (κ2) is 6.65. The van der Waals surface area contributed by atoms with Gasteiger partial charge in [0.15, 0.2) is 5.76 Å². The van der Waals surface area contributed by atoms with Crippen LogP contribution in [-0.4, -0.2) is 30.7 Å². The molecule has 0 atom stereocenters. The molecule has 0 saturated carbocycles. The third-order valence-electron chi connectivity index (χ3n) is 4.77. The Labute approximate surface area is 163 Å². The average molecular weight is 391 g/mol. The Bertz CT molecular complexity index is 1210. The van der Waals surface area contributed by atoms with Gasteiger partial charge >= 0.3 is 0 Å². The minimum atomic E-state index is -3.92. The topological polar surface area (TPSA) is 74.7 Å². The number of Topliss-reactive ketones (excluding diaryl/α,β-unsaturated/α-hetero) is 1. The van der Waals surface area contributed by atoms with Gasteiger partial charge in [-0.05, 0) is 29.3 Å². The molecule has 1 aliphatic rings. The molecule has 0 saturated heterocycles. The van der Waals surface area contributed by atoms with Gasteiger partial charge in [0.2, 0.25) is 5.78 Å². The molecule has 3 aromatic rings. The summed E-state index contributed by atoms with van der Waals surface area (Å²) >= 11 is 0. The second-order valence-corrected chi connectivity index (χ2v) is 8.38. The summed E-state index contributed by atoms with van der Waals surface area (Å²) in [4.78, 5) is 12.9. The highest BCUT2D eigenvalue weighted by molar-refractivity contribution is 7.89. The molecule has 4 rings (SSSR count). The summed E-state index contributed by atoms with van der Waals surface area (Å²) in [5.74, 6) is -0.904.